The van der Waals surface area contributed by atoms with Gasteiger partial charge in [-0.15, -0.1) is 0 Å². The second-order valence-corrected chi connectivity index (χ2v) is 6.62. The standard InChI is InChI=1S/C17H23NO2/c1-17(2,16(19)20)14-8-5-9-15-13(14)10-11-18(15)12-6-3-4-7-12/h5,8-9,12H,3-4,6-7,10-11H2,1-2H3,(H,19,20). The highest BCUT2D eigenvalue weighted by molar-refractivity contribution is 5.82. The minimum atomic E-state index is -0.809. The summed E-state index contributed by atoms with van der Waals surface area (Å²) in [5.41, 5.74) is 2.72. The molecule has 1 aliphatic carbocycles. The van der Waals surface area contributed by atoms with Gasteiger partial charge in [-0.1, -0.05) is 25.0 Å². The van der Waals surface area contributed by atoms with E-state index in [0.29, 0.717) is 6.04 Å². The third-order valence-electron chi connectivity index (χ3n) is 5.04. The van der Waals surface area contributed by atoms with Crippen LogP contribution in [-0.2, 0) is 16.6 Å². The van der Waals surface area contributed by atoms with E-state index in [1.165, 1.54) is 36.9 Å². The highest BCUT2D eigenvalue weighted by atomic mass is 16.4. The molecule has 20 heavy (non-hydrogen) atoms. The summed E-state index contributed by atoms with van der Waals surface area (Å²) in [6.45, 7) is 4.67. The average molecular weight is 273 g/mol. The first-order valence-electron chi connectivity index (χ1n) is 7.64. The summed E-state index contributed by atoms with van der Waals surface area (Å²) < 4.78 is 0. The van der Waals surface area contributed by atoms with E-state index in [1.54, 1.807) is 0 Å². The van der Waals surface area contributed by atoms with Gasteiger partial charge >= 0.3 is 5.97 Å². The lowest BCUT2D eigenvalue weighted by Gasteiger charge is -2.28. The Kier molecular flexibility index (Phi) is 3.23. The zero-order valence-electron chi connectivity index (χ0n) is 12.4. The monoisotopic (exact) mass is 273 g/mol. The molecule has 2 aliphatic rings. The number of benzene rings is 1. The molecule has 0 atom stereocenters. The quantitative estimate of drug-likeness (QED) is 0.918. The number of rotatable bonds is 3. The van der Waals surface area contributed by atoms with Gasteiger partial charge in [-0.3, -0.25) is 4.79 Å². The molecule has 1 heterocycles. The second kappa shape index (κ2) is 4.80. The van der Waals surface area contributed by atoms with Crippen molar-refractivity contribution >= 4 is 11.7 Å². The Bertz CT molecular complexity index is 530. The number of hydrogen-bond donors (Lipinski definition) is 1. The third kappa shape index (κ3) is 2.00. The molecule has 3 nitrogen and oxygen atoms in total. The number of nitrogens with zero attached hydrogens (tertiary/aromatic N) is 1. The van der Waals surface area contributed by atoms with Crippen molar-refractivity contribution in [2.45, 2.75) is 57.4 Å². The molecular formula is C17H23NO2. The van der Waals surface area contributed by atoms with Crippen LogP contribution in [0.5, 0.6) is 0 Å². The number of fused-ring (bicyclic) bond motifs is 1. The Labute approximate surface area is 120 Å². The van der Waals surface area contributed by atoms with E-state index in [0.717, 1.165) is 18.5 Å². The number of carbonyl (C=O) groups is 1. The van der Waals surface area contributed by atoms with E-state index in [1.807, 2.05) is 26.0 Å². The van der Waals surface area contributed by atoms with Gasteiger partial charge in [-0.25, -0.2) is 0 Å². The van der Waals surface area contributed by atoms with Crippen molar-refractivity contribution in [2.75, 3.05) is 11.4 Å². The summed E-state index contributed by atoms with van der Waals surface area (Å²) in [6.07, 6.45) is 6.21. The van der Waals surface area contributed by atoms with Gasteiger partial charge in [0.15, 0.2) is 0 Å². The molecule has 3 heteroatoms. The predicted octanol–water partition coefficient (Wildman–Crippen LogP) is 3.35. The summed E-state index contributed by atoms with van der Waals surface area (Å²) in [7, 11) is 0. The van der Waals surface area contributed by atoms with Crippen LogP contribution < -0.4 is 4.90 Å². The Morgan fingerprint density at radius 2 is 2.00 bits per heavy atom. The summed E-state index contributed by atoms with van der Waals surface area (Å²) >= 11 is 0. The van der Waals surface area contributed by atoms with Crippen LogP contribution in [0.2, 0.25) is 0 Å². The van der Waals surface area contributed by atoms with Crippen LogP contribution in [0.4, 0.5) is 5.69 Å². The molecule has 0 amide bonds. The van der Waals surface area contributed by atoms with Crippen molar-refractivity contribution in [1.29, 1.82) is 0 Å². The zero-order chi connectivity index (χ0) is 14.3. The molecule has 0 unspecified atom stereocenters. The van der Waals surface area contributed by atoms with Crippen LogP contribution in [0.25, 0.3) is 0 Å². The van der Waals surface area contributed by atoms with Gasteiger partial charge in [0, 0.05) is 18.3 Å². The fourth-order valence-corrected chi connectivity index (χ4v) is 3.76. The van der Waals surface area contributed by atoms with Crippen LogP contribution in [0.15, 0.2) is 18.2 Å². The fraction of sp³-hybridized carbons (Fsp3) is 0.588. The second-order valence-electron chi connectivity index (χ2n) is 6.62. The summed E-state index contributed by atoms with van der Waals surface area (Å²) in [5, 5.41) is 9.49. The van der Waals surface area contributed by atoms with Gasteiger partial charge in [-0.05, 0) is 50.3 Å². The van der Waals surface area contributed by atoms with Crippen LogP contribution in [0.1, 0.15) is 50.7 Å². The van der Waals surface area contributed by atoms with Gasteiger partial charge in [0.25, 0.3) is 0 Å². The van der Waals surface area contributed by atoms with E-state index in [9.17, 15) is 9.90 Å². The van der Waals surface area contributed by atoms with E-state index in [4.69, 9.17) is 0 Å². The Morgan fingerprint density at radius 1 is 1.30 bits per heavy atom. The molecule has 1 aromatic rings. The lowest BCUT2D eigenvalue weighted by molar-refractivity contribution is -0.142. The van der Waals surface area contributed by atoms with E-state index < -0.39 is 11.4 Å². The normalized spacial score (nSPS) is 19.4. The van der Waals surface area contributed by atoms with Crippen LogP contribution in [0.3, 0.4) is 0 Å². The number of carboxylic acids is 1. The van der Waals surface area contributed by atoms with E-state index in [2.05, 4.69) is 11.0 Å². The largest absolute Gasteiger partial charge is 0.481 e. The minimum absolute atomic E-state index is 0.666. The summed E-state index contributed by atoms with van der Waals surface area (Å²) in [4.78, 5) is 14.1. The maximum atomic E-state index is 11.5. The molecule has 0 radical (unpaired) electrons. The van der Waals surface area contributed by atoms with Crippen molar-refractivity contribution in [3.63, 3.8) is 0 Å². The molecule has 0 aromatic heterocycles. The molecule has 1 aliphatic heterocycles. The van der Waals surface area contributed by atoms with Crippen LogP contribution in [-0.4, -0.2) is 23.7 Å². The molecule has 1 saturated carbocycles. The molecule has 1 fully saturated rings. The molecule has 1 aromatic carbocycles. The molecule has 108 valence electrons. The lowest BCUT2D eigenvalue weighted by Crippen LogP contribution is -2.31. The highest BCUT2D eigenvalue weighted by Crippen LogP contribution is 2.40. The van der Waals surface area contributed by atoms with E-state index in [-0.39, 0.29) is 0 Å². The summed E-state index contributed by atoms with van der Waals surface area (Å²) in [6, 6.07) is 6.85. The molecule has 3 rings (SSSR count). The molecule has 0 saturated heterocycles. The lowest BCUT2D eigenvalue weighted by atomic mass is 9.81. The third-order valence-corrected chi connectivity index (χ3v) is 5.04. The molecule has 1 N–H and O–H groups in total. The van der Waals surface area contributed by atoms with Crippen molar-refractivity contribution in [1.82, 2.24) is 0 Å². The Hall–Kier alpha value is -1.51. The number of aliphatic carboxylic acids is 1. The van der Waals surface area contributed by atoms with Crippen LogP contribution >= 0.6 is 0 Å². The smallest absolute Gasteiger partial charge is 0.313 e. The maximum Gasteiger partial charge on any atom is 0.313 e. The van der Waals surface area contributed by atoms with Gasteiger partial charge in [-0.2, -0.15) is 0 Å². The first kappa shape index (κ1) is 13.5. The van der Waals surface area contributed by atoms with Crippen molar-refractivity contribution in [3.8, 4) is 0 Å². The average Bonchev–Trinajstić information content (AvgIpc) is 3.06. The van der Waals surface area contributed by atoms with Crippen molar-refractivity contribution in [3.05, 3.63) is 29.3 Å². The van der Waals surface area contributed by atoms with Gasteiger partial charge < -0.3 is 10.0 Å². The first-order valence-corrected chi connectivity index (χ1v) is 7.64. The van der Waals surface area contributed by atoms with Gasteiger partial charge in [0.1, 0.15) is 0 Å². The van der Waals surface area contributed by atoms with Gasteiger partial charge in [0.05, 0.1) is 5.41 Å². The number of carboxylic acid groups (broad SMARTS) is 1. The Morgan fingerprint density at radius 3 is 2.65 bits per heavy atom. The topological polar surface area (TPSA) is 40.5 Å². The van der Waals surface area contributed by atoms with Crippen molar-refractivity contribution < 1.29 is 9.90 Å². The SMILES string of the molecule is CC(C)(C(=O)O)c1cccc2c1CCN2C1CCCC1. The van der Waals surface area contributed by atoms with E-state index >= 15 is 0 Å². The molecule has 0 spiro atoms. The van der Waals surface area contributed by atoms with Crippen LogP contribution in [0, 0.1) is 0 Å². The zero-order valence-corrected chi connectivity index (χ0v) is 12.4. The molecular weight excluding hydrogens is 250 g/mol. The summed E-state index contributed by atoms with van der Waals surface area (Å²) in [5.74, 6) is -0.745. The first-order chi connectivity index (χ1) is 9.51. The highest BCUT2D eigenvalue weighted by Gasteiger charge is 2.36. The minimum Gasteiger partial charge on any atom is -0.481 e. The number of hydrogen-bond acceptors (Lipinski definition) is 2. The maximum absolute atomic E-state index is 11.5. The number of anilines is 1. The Balaban J connectivity index is 1.99. The van der Waals surface area contributed by atoms with Gasteiger partial charge in [0.2, 0.25) is 0 Å². The fourth-order valence-electron chi connectivity index (χ4n) is 3.76. The predicted molar refractivity (Wildman–Crippen MR) is 80.4 cm³/mol. The van der Waals surface area contributed by atoms with Crippen molar-refractivity contribution in [2.24, 2.45) is 0 Å². The molecule has 0 bridgehead atoms.